The Hall–Kier alpha value is -1.14. The second kappa shape index (κ2) is 5.97. The average molecular weight is 259 g/mol. The van der Waals surface area contributed by atoms with E-state index < -0.39 is 16.8 Å². The fraction of sp³-hybridized carbons (Fsp3) is 0.545. The van der Waals surface area contributed by atoms with Crippen LogP contribution < -0.4 is 5.32 Å². The van der Waals surface area contributed by atoms with Crippen molar-refractivity contribution in [3.8, 4) is 0 Å². The van der Waals surface area contributed by atoms with Gasteiger partial charge in [0, 0.05) is 28.9 Å². The summed E-state index contributed by atoms with van der Waals surface area (Å²) in [6, 6.07) is 2.96. The van der Waals surface area contributed by atoms with Gasteiger partial charge in [0.15, 0.2) is 0 Å². The van der Waals surface area contributed by atoms with E-state index >= 15 is 0 Å². The maximum absolute atomic E-state index is 11.2. The van der Waals surface area contributed by atoms with Gasteiger partial charge in [-0.15, -0.1) is 0 Å². The average Bonchev–Trinajstić information content (AvgIpc) is 2.74. The van der Waals surface area contributed by atoms with Crippen LogP contribution in [0.2, 0.25) is 0 Å². The highest BCUT2D eigenvalue weighted by Crippen LogP contribution is 2.16. The summed E-state index contributed by atoms with van der Waals surface area (Å²) in [4.78, 5) is 10.6. The van der Waals surface area contributed by atoms with Crippen LogP contribution >= 0.6 is 0 Å². The summed E-state index contributed by atoms with van der Waals surface area (Å²) in [5.41, 5.74) is 0. The topological polar surface area (TPSA) is 79.5 Å². The van der Waals surface area contributed by atoms with Crippen LogP contribution in [-0.4, -0.2) is 33.3 Å². The lowest BCUT2D eigenvalue weighted by molar-refractivity contribution is 0.0659. The van der Waals surface area contributed by atoms with E-state index in [1.165, 1.54) is 6.07 Å². The van der Waals surface area contributed by atoms with Gasteiger partial charge in [0.2, 0.25) is 5.76 Å². The van der Waals surface area contributed by atoms with Crippen LogP contribution in [0.4, 0.5) is 0 Å². The number of carboxylic acids is 1. The van der Waals surface area contributed by atoms with E-state index in [4.69, 9.17) is 9.52 Å². The molecule has 17 heavy (non-hydrogen) atoms. The Balaban J connectivity index is 2.54. The number of carbonyl (C=O) groups is 1. The van der Waals surface area contributed by atoms with Crippen molar-refractivity contribution in [1.29, 1.82) is 0 Å². The Morgan fingerprint density at radius 2 is 2.18 bits per heavy atom. The quantitative estimate of drug-likeness (QED) is 0.807. The Morgan fingerprint density at radius 1 is 1.53 bits per heavy atom. The van der Waals surface area contributed by atoms with Gasteiger partial charge >= 0.3 is 5.97 Å². The molecule has 0 aliphatic rings. The molecular formula is C11H17NO4S. The number of hydrogen-bond acceptors (Lipinski definition) is 4. The van der Waals surface area contributed by atoms with E-state index in [0.29, 0.717) is 12.3 Å². The van der Waals surface area contributed by atoms with E-state index in [1.54, 1.807) is 12.3 Å². The molecule has 1 rings (SSSR count). The molecule has 1 aromatic rings. The molecule has 0 spiro atoms. The molecule has 0 bridgehead atoms. The summed E-state index contributed by atoms with van der Waals surface area (Å²) in [7, 11) is -0.872. The number of carboxylic acid groups (broad SMARTS) is 1. The van der Waals surface area contributed by atoms with Crippen LogP contribution in [0.15, 0.2) is 16.5 Å². The van der Waals surface area contributed by atoms with Crippen molar-refractivity contribution in [2.75, 3.05) is 12.8 Å². The molecule has 5 nitrogen and oxygen atoms in total. The SMILES string of the molecule is CC(NCC(C)S(C)=O)c1ccc(C(=O)O)o1. The molecule has 0 fully saturated rings. The Kier molecular flexibility index (Phi) is 4.89. The van der Waals surface area contributed by atoms with Crippen LogP contribution in [-0.2, 0) is 10.8 Å². The van der Waals surface area contributed by atoms with Crippen molar-refractivity contribution in [3.63, 3.8) is 0 Å². The van der Waals surface area contributed by atoms with Gasteiger partial charge < -0.3 is 14.8 Å². The van der Waals surface area contributed by atoms with Gasteiger partial charge in [0.1, 0.15) is 5.76 Å². The first-order chi connectivity index (χ1) is 7.91. The highest BCUT2D eigenvalue weighted by molar-refractivity contribution is 7.84. The summed E-state index contributed by atoms with van der Waals surface area (Å²) in [5, 5.41) is 11.9. The first-order valence-corrected chi connectivity index (χ1v) is 6.92. The highest BCUT2D eigenvalue weighted by atomic mass is 32.2. The van der Waals surface area contributed by atoms with Gasteiger partial charge in [0.05, 0.1) is 6.04 Å². The van der Waals surface area contributed by atoms with Crippen LogP contribution in [0.3, 0.4) is 0 Å². The standard InChI is InChI=1S/C11H17NO4S/c1-7(17(3)15)6-12-8(2)9-4-5-10(16-9)11(13)14/h4-5,7-8,12H,6H2,1-3H3,(H,13,14). The molecule has 96 valence electrons. The second-order valence-electron chi connectivity index (χ2n) is 3.95. The normalized spacial score (nSPS) is 16.4. The van der Waals surface area contributed by atoms with Gasteiger partial charge in [-0.3, -0.25) is 4.21 Å². The molecule has 0 radical (unpaired) electrons. The lowest BCUT2D eigenvalue weighted by atomic mass is 10.2. The third kappa shape index (κ3) is 3.98. The molecule has 2 N–H and O–H groups in total. The van der Waals surface area contributed by atoms with Crippen molar-refractivity contribution in [1.82, 2.24) is 5.32 Å². The molecule has 0 aromatic carbocycles. The predicted octanol–water partition coefficient (Wildman–Crippen LogP) is 1.40. The minimum absolute atomic E-state index is 0.0476. The Labute approximate surface area is 103 Å². The first-order valence-electron chi connectivity index (χ1n) is 5.30. The van der Waals surface area contributed by atoms with Crippen molar-refractivity contribution >= 4 is 16.8 Å². The molecule has 6 heteroatoms. The summed E-state index contributed by atoms with van der Waals surface area (Å²) in [6.07, 6.45) is 1.66. The van der Waals surface area contributed by atoms with Crippen molar-refractivity contribution in [2.24, 2.45) is 0 Å². The fourth-order valence-corrected chi connectivity index (χ4v) is 1.59. The molecule has 0 aliphatic heterocycles. The van der Waals surface area contributed by atoms with Gasteiger partial charge in [-0.25, -0.2) is 4.79 Å². The third-order valence-corrected chi connectivity index (χ3v) is 3.84. The zero-order valence-corrected chi connectivity index (χ0v) is 10.9. The Bertz CT molecular complexity index is 415. The van der Waals surface area contributed by atoms with Gasteiger partial charge in [0.25, 0.3) is 0 Å². The summed E-state index contributed by atoms with van der Waals surface area (Å²) >= 11 is 0. The fourth-order valence-electron chi connectivity index (χ4n) is 1.26. The minimum Gasteiger partial charge on any atom is -0.475 e. The molecule has 1 aromatic heterocycles. The largest absolute Gasteiger partial charge is 0.475 e. The molecule has 3 unspecified atom stereocenters. The Morgan fingerprint density at radius 3 is 2.65 bits per heavy atom. The molecule has 0 saturated carbocycles. The number of hydrogen-bond donors (Lipinski definition) is 2. The van der Waals surface area contributed by atoms with Crippen molar-refractivity contribution in [3.05, 3.63) is 23.7 Å². The van der Waals surface area contributed by atoms with Gasteiger partial charge in [-0.1, -0.05) is 0 Å². The van der Waals surface area contributed by atoms with Crippen LogP contribution in [0.5, 0.6) is 0 Å². The summed E-state index contributed by atoms with van der Waals surface area (Å²) in [5.74, 6) is -0.580. The van der Waals surface area contributed by atoms with E-state index in [2.05, 4.69) is 5.32 Å². The van der Waals surface area contributed by atoms with Crippen molar-refractivity contribution in [2.45, 2.75) is 25.1 Å². The molecular weight excluding hydrogens is 242 g/mol. The lowest BCUT2D eigenvalue weighted by Crippen LogP contribution is -2.29. The third-order valence-electron chi connectivity index (χ3n) is 2.54. The van der Waals surface area contributed by atoms with E-state index in [0.717, 1.165) is 0 Å². The highest BCUT2D eigenvalue weighted by Gasteiger charge is 2.15. The number of nitrogens with one attached hydrogen (secondary N) is 1. The lowest BCUT2D eigenvalue weighted by Gasteiger charge is -2.14. The zero-order valence-electron chi connectivity index (χ0n) is 10.1. The number of furan rings is 1. The summed E-state index contributed by atoms with van der Waals surface area (Å²) in [6.45, 7) is 4.35. The molecule has 0 aliphatic carbocycles. The minimum atomic E-state index is -1.08. The smallest absolute Gasteiger partial charge is 0.371 e. The molecule has 1 heterocycles. The van der Waals surface area contributed by atoms with Crippen LogP contribution in [0, 0.1) is 0 Å². The maximum Gasteiger partial charge on any atom is 0.371 e. The van der Waals surface area contributed by atoms with E-state index in [1.807, 2.05) is 13.8 Å². The molecule has 0 amide bonds. The number of rotatable bonds is 6. The molecule has 3 atom stereocenters. The molecule has 0 saturated heterocycles. The monoisotopic (exact) mass is 259 g/mol. The maximum atomic E-state index is 11.2. The van der Waals surface area contributed by atoms with E-state index in [9.17, 15) is 9.00 Å². The second-order valence-corrected chi connectivity index (χ2v) is 5.75. The summed E-state index contributed by atoms with van der Waals surface area (Å²) < 4.78 is 16.3. The van der Waals surface area contributed by atoms with E-state index in [-0.39, 0.29) is 17.1 Å². The van der Waals surface area contributed by atoms with Crippen molar-refractivity contribution < 1.29 is 18.5 Å². The first kappa shape index (κ1) is 13.9. The van der Waals surface area contributed by atoms with Gasteiger partial charge in [-0.05, 0) is 26.0 Å². The van der Waals surface area contributed by atoms with Gasteiger partial charge in [-0.2, -0.15) is 0 Å². The predicted molar refractivity (Wildman–Crippen MR) is 65.6 cm³/mol. The number of aromatic carboxylic acids is 1. The zero-order chi connectivity index (χ0) is 13.0. The van der Waals surface area contributed by atoms with Crippen LogP contribution in [0.25, 0.3) is 0 Å². The van der Waals surface area contributed by atoms with Crippen LogP contribution in [0.1, 0.15) is 36.2 Å².